The van der Waals surface area contributed by atoms with Gasteiger partial charge in [-0.3, -0.25) is 0 Å². The van der Waals surface area contributed by atoms with Crippen LogP contribution in [0.1, 0.15) is 105 Å². The van der Waals surface area contributed by atoms with E-state index in [0.717, 1.165) is 44.9 Å². The van der Waals surface area contributed by atoms with Gasteiger partial charge in [0.05, 0.1) is 5.60 Å². The molecule has 5 nitrogen and oxygen atoms in total. The van der Waals surface area contributed by atoms with Gasteiger partial charge < -0.3 is 5.11 Å². The van der Waals surface area contributed by atoms with Crippen molar-refractivity contribution < 1.29 is 24.7 Å². The molecular formula is C20H38O5. The zero-order valence-corrected chi connectivity index (χ0v) is 16.9. The first kappa shape index (κ1) is 21.1. The van der Waals surface area contributed by atoms with Gasteiger partial charge >= 0.3 is 0 Å². The second-order valence-electron chi connectivity index (χ2n) is 9.81. The molecule has 25 heavy (non-hydrogen) atoms. The first-order valence-electron chi connectivity index (χ1n) is 9.99. The Morgan fingerprint density at radius 3 is 1.76 bits per heavy atom. The lowest BCUT2D eigenvalue weighted by atomic mass is 9.84. The molecule has 2 aliphatic rings. The lowest BCUT2D eigenvalue weighted by Gasteiger charge is -2.40. The number of hydrogen-bond acceptors (Lipinski definition) is 5. The molecule has 0 aromatic rings. The highest BCUT2D eigenvalue weighted by Crippen LogP contribution is 2.39. The van der Waals surface area contributed by atoms with Crippen molar-refractivity contribution >= 4 is 0 Å². The van der Waals surface area contributed by atoms with Crippen LogP contribution in [0.15, 0.2) is 0 Å². The quantitative estimate of drug-likeness (QED) is 0.374. The topological polar surface area (TPSA) is 57.2 Å². The molecule has 1 N–H and O–H groups in total. The molecular weight excluding hydrogens is 320 g/mol. The Kier molecular flexibility index (Phi) is 6.94. The third-order valence-corrected chi connectivity index (χ3v) is 4.97. The third kappa shape index (κ3) is 7.14. The molecule has 0 spiro atoms. The highest BCUT2D eigenvalue weighted by Gasteiger charge is 2.43. The van der Waals surface area contributed by atoms with Crippen molar-refractivity contribution in [1.29, 1.82) is 0 Å². The minimum atomic E-state index is -1.19. The summed E-state index contributed by atoms with van der Waals surface area (Å²) in [5.41, 5.74) is -0.283. The normalized spacial score (nSPS) is 24.2. The Balaban J connectivity index is 1.95. The Bertz CT molecular complexity index is 401. The Labute approximate surface area is 153 Å². The summed E-state index contributed by atoms with van der Waals surface area (Å²) in [5.74, 6) is -2.10. The Hall–Kier alpha value is -0.200. The van der Waals surface area contributed by atoms with Crippen molar-refractivity contribution in [2.45, 2.75) is 122 Å². The average Bonchev–Trinajstić information content (AvgIpc) is 2.51. The molecule has 2 saturated carbocycles. The van der Waals surface area contributed by atoms with Crippen molar-refractivity contribution in [3.05, 3.63) is 0 Å². The molecule has 0 bridgehead atoms. The van der Waals surface area contributed by atoms with Crippen molar-refractivity contribution in [2.24, 2.45) is 5.41 Å². The summed E-state index contributed by atoms with van der Waals surface area (Å²) in [6, 6.07) is 0. The van der Waals surface area contributed by atoms with E-state index in [1.165, 1.54) is 0 Å². The van der Waals surface area contributed by atoms with Crippen LogP contribution in [-0.4, -0.2) is 22.3 Å². The second-order valence-corrected chi connectivity index (χ2v) is 9.81. The van der Waals surface area contributed by atoms with Crippen molar-refractivity contribution in [3.63, 3.8) is 0 Å². The minimum Gasteiger partial charge on any atom is -0.363 e. The molecule has 0 saturated heterocycles. The summed E-state index contributed by atoms with van der Waals surface area (Å²) in [5, 5.41) is 10.6. The molecule has 0 aromatic carbocycles. The molecule has 2 fully saturated rings. The summed E-state index contributed by atoms with van der Waals surface area (Å²) < 4.78 is 0. The van der Waals surface area contributed by atoms with Gasteiger partial charge in [0.2, 0.25) is 5.79 Å². The van der Waals surface area contributed by atoms with Crippen LogP contribution >= 0.6 is 0 Å². The van der Waals surface area contributed by atoms with E-state index in [0.29, 0.717) is 25.7 Å². The fourth-order valence-corrected chi connectivity index (χ4v) is 4.11. The van der Waals surface area contributed by atoms with Gasteiger partial charge in [-0.25, -0.2) is 4.89 Å². The van der Waals surface area contributed by atoms with E-state index >= 15 is 0 Å². The van der Waals surface area contributed by atoms with Crippen LogP contribution in [-0.2, 0) is 19.6 Å². The SMILES string of the molecule is CC(C)(C)CC(C)(C)OOC1(OOC2(O)CCCCC2)CCCCC1. The summed E-state index contributed by atoms with van der Waals surface area (Å²) in [7, 11) is 0. The number of rotatable bonds is 7. The fourth-order valence-electron chi connectivity index (χ4n) is 4.11. The lowest BCUT2D eigenvalue weighted by Crippen LogP contribution is -2.45. The first-order valence-corrected chi connectivity index (χ1v) is 9.99. The Morgan fingerprint density at radius 1 is 0.720 bits per heavy atom. The first-order chi connectivity index (χ1) is 11.5. The van der Waals surface area contributed by atoms with Crippen molar-refractivity contribution in [1.82, 2.24) is 0 Å². The molecule has 5 heteroatoms. The van der Waals surface area contributed by atoms with E-state index in [1.54, 1.807) is 0 Å². The van der Waals surface area contributed by atoms with Crippen LogP contribution < -0.4 is 0 Å². The maximum absolute atomic E-state index is 10.6. The molecule has 0 unspecified atom stereocenters. The maximum Gasteiger partial charge on any atom is 0.234 e. The smallest absolute Gasteiger partial charge is 0.234 e. The molecule has 0 atom stereocenters. The zero-order valence-electron chi connectivity index (χ0n) is 16.9. The predicted octanol–water partition coefficient (Wildman–Crippen LogP) is 5.41. The van der Waals surface area contributed by atoms with Gasteiger partial charge in [0, 0.05) is 25.7 Å². The molecule has 0 aromatic heterocycles. The Morgan fingerprint density at radius 2 is 1.24 bits per heavy atom. The minimum absolute atomic E-state index is 0.140. The van der Waals surface area contributed by atoms with Crippen LogP contribution in [0.4, 0.5) is 0 Å². The highest BCUT2D eigenvalue weighted by molar-refractivity contribution is 4.78. The monoisotopic (exact) mass is 358 g/mol. The summed E-state index contributed by atoms with van der Waals surface area (Å²) in [4.78, 5) is 23.0. The van der Waals surface area contributed by atoms with Crippen molar-refractivity contribution in [2.75, 3.05) is 0 Å². The number of aliphatic hydroxyl groups is 1. The molecule has 0 aliphatic heterocycles. The maximum atomic E-state index is 10.6. The average molecular weight is 359 g/mol. The van der Waals surface area contributed by atoms with E-state index in [1.807, 2.05) is 13.8 Å². The van der Waals surface area contributed by atoms with Crippen LogP contribution in [0.5, 0.6) is 0 Å². The van der Waals surface area contributed by atoms with Gasteiger partial charge in [-0.05, 0) is 51.4 Å². The van der Waals surface area contributed by atoms with Crippen LogP contribution in [0.2, 0.25) is 0 Å². The summed E-state index contributed by atoms with van der Waals surface area (Å²) in [6.45, 7) is 10.6. The van der Waals surface area contributed by atoms with Gasteiger partial charge in [-0.2, -0.15) is 14.7 Å². The van der Waals surface area contributed by atoms with E-state index in [9.17, 15) is 5.11 Å². The largest absolute Gasteiger partial charge is 0.363 e. The number of hydrogen-bond donors (Lipinski definition) is 1. The van der Waals surface area contributed by atoms with Gasteiger partial charge in [0.1, 0.15) is 0 Å². The predicted molar refractivity (Wildman–Crippen MR) is 96.3 cm³/mol. The highest BCUT2D eigenvalue weighted by atomic mass is 17.3. The summed E-state index contributed by atoms with van der Waals surface area (Å²) >= 11 is 0. The third-order valence-electron chi connectivity index (χ3n) is 4.97. The molecule has 148 valence electrons. The fraction of sp³-hybridized carbons (Fsp3) is 1.00. The van der Waals surface area contributed by atoms with E-state index in [4.69, 9.17) is 19.6 Å². The molecule has 0 amide bonds. The lowest BCUT2D eigenvalue weighted by molar-refractivity contribution is -0.567. The van der Waals surface area contributed by atoms with Gasteiger partial charge in [0.15, 0.2) is 5.79 Å². The van der Waals surface area contributed by atoms with Gasteiger partial charge in [0.25, 0.3) is 0 Å². The zero-order chi connectivity index (χ0) is 18.6. The molecule has 2 rings (SSSR count). The standard InChI is InChI=1S/C20H38O5/c1-17(2,3)16-18(4,5)22-24-20(14-10-7-11-15-20)25-23-19(21)12-8-6-9-13-19/h21H,6-16H2,1-5H3. The van der Waals surface area contributed by atoms with Crippen LogP contribution in [0.25, 0.3) is 0 Å². The molecule has 2 aliphatic carbocycles. The van der Waals surface area contributed by atoms with Crippen molar-refractivity contribution in [3.8, 4) is 0 Å². The molecule has 0 radical (unpaired) electrons. The van der Waals surface area contributed by atoms with Gasteiger partial charge in [-0.15, -0.1) is 0 Å². The van der Waals surface area contributed by atoms with E-state index in [2.05, 4.69) is 20.8 Å². The van der Waals surface area contributed by atoms with Crippen LogP contribution in [0, 0.1) is 5.41 Å². The van der Waals surface area contributed by atoms with Gasteiger partial charge in [-0.1, -0.05) is 33.6 Å². The van der Waals surface area contributed by atoms with Crippen LogP contribution in [0.3, 0.4) is 0 Å². The van der Waals surface area contributed by atoms with E-state index in [-0.39, 0.29) is 5.41 Å². The second kappa shape index (κ2) is 8.22. The molecule has 0 heterocycles. The summed E-state index contributed by atoms with van der Waals surface area (Å²) in [6.07, 6.45) is 9.74. The van der Waals surface area contributed by atoms with E-state index < -0.39 is 17.2 Å².